The first-order chi connectivity index (χ1) is 9.70. The SMILES string of the molecule is CC/C=C/CCC[C@H]1C=C(c2ccc(F)cc2)C(=O)C1. The summed E-state index contributed by atoms with van der Waals surface area (Å²) in [4.78, 5) is 12.0. The van der Waals surface area contributed by atoms with Crippen LogP contribution in [-0.2, 0) is 4.79 Å². The lowest BCUT2D eigenvalue weighted by atomic mass is 10.0. The Balaban J connectivity index is 1.93. The van der Waals surface area contributed by atoms with E-state index in [1.165, 1.54) is 12.1 Å². The molecule has 2 rings (SSSR count). The largest absolute Gasteiger partial charge is 0.294 e. The highest BCUT2D eigenvalue weighted by Gasteiger charge is 2.24. The van der Waals surface area contributed by atoms with Crippen molar-refractivity contribution in [1.82, 2.24) is 0 Å². The van der Waals surface area contributed by atoms with Crippen molar-refractivity contribution < 1.29 is 9.18 Å². The molecule has 0 N–H and O–H groups in total. The highest BCUT2D eigenvalue weighted by atomic mass is 19.1. The number of benzene rings is 1. The van der Waals surface area contributed by atoms with E-state index in [2.05, 4.69) is 25.2 Å². The second-order valence-corrected chi connectivity index (χ2v) is 5.29. The van der Waals surface area contributed by atoms with Gasteiger partial charge in [0.15, 0.2) is 5.78 Å². The molecule has 106 valence electrons. The van der Waals surface area contributed by atoms with Gasteiger partial charge >= 0.3 is 0 Å². The molecule has 0 radical (unpaired) electrons. The zero-order valence-electron chi connectivity index (χ0n) is 11.9. The van der Waals surface area contributed by atoms with Crippen LogP contribution in [0.5, 0.6) is 0 Å². The Labute approximate surface area is 120 Å². The molecule has 1 aliphatic rings. The summed E-state index contributed by atoms with van der Waals surface area (Å²) in [6.07, 6.45) is 11.4. The Morgan fingerprint density at radius 1 is 1.25 bits per heavy atom. The van der Waals surface area contributed by atoms with Crippen LogP contribution in [-0.4, -0.2) is 5.78 Å². The van der Waals surface area contributed by atoms with Crippen LogP contribution < -0.4 is 0 Å². The minimum atomic E-state index is -0.265. The van der Waals surface area contributed by atoms with Gasteiger partial charge in [-0.1, -0.05) is 37.3 Å². The highest BCUT2D eigenvalue weighted by Crippen LogP contribution is 2.31. The van der Waals surface area contributed by atoms with Crippen molar-refractivity contribution in [2.24, 2.45) is 5.92 Å². The maximum absolute atomic E-state index is 12.9. The number of halogens is 1. The van der Waals surface area contributed by atoms with Crippen molar-refractivity contribution in [1.29, 1.82) is 0 Å². The number of unbranched alkanes of at least 4 members (excludes halogenated alkanes) is 1. The van der Waals surface area contributed by atoms with Crippen molar-refractivity contribution in [3.05, 3.63) is 53.9 Å². The third-order valence-electron chi connectivity index (χ3n) is 3.65. The lowest BCUT2D eigenvalue weighted by molar-refractivity contribution is -0.113. The van der Waals surface area contributed by atoms with Gasteiger partial charge in [0.2, 0.25) is 0 Å². The number of carbonyl (C=O) groups is 1. The van der Waals surface area contributed by atoms with Gasteiger partial charge in [0, 0.05) is 12.0 Å². The fraction of sp³-hybridized carbons (Fsp3) is 0.389. The first kappa shape index (κ1) is 14.7. The number of rotatable bonds is 6. The number of hydrogen-bond donors (Lipinski definition) is 0. The molecular formula is C18H21FO. The molecule has 2 heteroatoms. The first-order valence-corrected chi connectivity index (χ1v) is 7.36. The third kappa shape index (κ3) is 3.89. The van der Waals surface area contributed by atoms with E-state index >= 15 is 0 Å². The number of ketones is 1. The Hall–Kier alpha value is -1.70. The van der Waals surface area contributed by atoms with Crippen molar-refractivity contribution in [2.45, 2.75) is 39.0 Å². The summed E-state index contributed by atoms with van der Waals surface area (Å²) in [7, 11) is 0. The second-order valence-electron chi connectivity index (χ2n) is 5.29. The lowest BCUT2D eigenvalue weighted by Gasteiger charge is -2.03. The van der Waals surface area contributed by atoms with Crippen molar-refractivity contribution >= 4 is 11.4 Å². The summed E-state index contributed by atoms with van der Waals surface area (Å²) >= 11 is 0. The van der Waals surface area contributed by atoms with Crippen LogP contribution >= 0.6 is 0 Å². The summed E-state index contributed by atoms with van der Waals surface area (Å²) in [6.45, 7) is 2.13. The van der Waals surface area contributed by atoms with E-state index in [0.717, 1.165) is 36.8 Å². The molecule has 20 heavy (non-hydrogen) atoms. The van der Waals surface area contributed by atoms with Gasteiger partial charge in [0.1, 0.15) is 5.82 Å². The van der Waals surface area contributed by atoms with Gasteiger partial charge in [0.25, 0.3) is 0 Å². The monoisotopic (exact) mass is 272 g/mol. The molecule has 1 aliphatic carbocycles. The van der Waals surface area contributed by atoms with Crippen LogP contribution in [0.3, 0.4) is 0 Å². The maximum Gasteiger partial charge on any atom is 0.163 e. The number of Topliss-reactive ketones (excluding diaryl/α,β-unsaturated/α-hetero) is 1. The predicted octanol–water partition coefficient (Wildman–Crippen LogP) is 4.93. The number of allylic oxidation sites excluding steroid dienone is 4. The third-order valence-corrected chi connectivity index (χ3v) is 3.65. The van der Waals surface area contributed by atoms with Gasteiger partial charge in [-0.25, -0.2) is 4.39 Å². The van der Waals surface area contributed by atoms with Crippen LogP contribution in [0, 0.1) is 11.7 Å². The van der Waals surface area contributed by atoms with Crippen LogP contribution in [0.25, 0.3) is 5.57 Å². The molecule has 1 aromatic carbocycles. The summed E-state index contributed by atoms with van der Waals surface area (Å²) < 4.78 is 12.9. The number of carbonyl (C=O) groups excluding carboxylic acids is 1. The summed E-state index contributed by atoms with van der Waals surface area (Å²) in [5.41, 5.74) is 1.60. The average molecular weight is 272 g/mol. The Morgan fingerprint density at radius 2 is 2.00 bits per heavy atom. The number of hydrogen-bond acceptors (Lipinski definition) is 1. The molecule has 1 atom stereocenters. The van der Waals surface area contributed by atoms with E-state index in [1.54, 1.807) is 12.1 Å². The molecule has 0 saturated heterocycles. The van der Waals surface area contributed by atoms with Gasteiger partial charge in [-0.3, -0.25) is 4.79 Å². The zero-order valence-corrected chi connectivity index (χ0v) is 11.9. The lowest BCUT2D eigenvalue weighted by Crippen LogP contribution is -1.98. The first-order valence-electron chi connectivity index (χ1n) is 7.36. The molecule has 0 spiro atoms. The molecule has 0 aromatic heterocycles. The Kier molecular flexibility index (Phi) is 5.28. The molecule has 0 aliphatic heterocycles. The summed E-state index contributed by atoms with van der Waals surface area (Å²) in [6, 6.07) is 6.19. The van der Waals surface area contributed by atoms with E-state index in [0.29, 0.717) is 12.3 Å². The van der Waals surface area contributed by atoms with E-state index in [9.17, 15) is 9.18 Å². The Bertz CT molecular complexity index is 511. The zero-order chi connectivity index (χ0) is 14.4. The summed E-state index contributed by atoms with van der Waals surface area (Å²) in [5, 5.41) is 0. The van der Waals surface area contributed by atoms with Gasteiger partial charge in [-0.2, -0.15) is 0 Å². The molecule has 0 bridgehead atoms. The van der Waals surface area contributed by atoms with Gasteiger partial charge < -0.3 is 0 Å². The maximum atomic E-state index is 12.9. The molecule has 0 amide bonds. The molecule has 0 fully saturated rings. The van der Waals surface area contributed by atoms with E-state index in [4.69, 9.17) is 0 Å². The molecule has 0 saturated carbocycles. The predicted molar refractivity (Wildman–Crippen MR) is 80.8 cm³/mol. The average Bonchev–Trinajstić information content (AvgIpc) is 2.81. The van der Waals surface area contributed by atoms with E-state index < -0.39 is 0 Å². The normalized spacial score (nSPS) is 18.8. The fourth-order valence-corrected chi connectivity index (χ4v) is 2.59. The van der Waals surface area contributed by atoms with E-state index in [1.807, 2.05) is 0 Å². The van der Waals surface area contributed by atoms with Gasteiger partial charge in [-0.05, 0) is 49.3 Å². The smallest absolute Gasteiger partial charge is 0.163 e. The van der Waals surface area contributed by atoms with Gasteiger partial charge in [-0.15, -0.1) is 0 Å². The van der Waals surface area contributed by atoms with Crippen LogP contribution in [0.15, 0.2) is 42.5 Å². The topological polar surface area (TPSA) is 17.1 Å². The molecule has 0 unspecified atom stereocenters. The standard InChI is InChI=1S/C18H21FO/c1-2-3-4-5-6-7-14-12-17(18(20)13-14)15-8-10-16(19)11-9-15/h3-4,8-12,14H,2,5-7,13H2,1H3/b4-3+/t14-/m0/s1. The van der Waals surface area contributed by atoms with Crippen molar-refractivity contribution in [2.75, 3.05) is 0 Å². The van der Waals surface area contributed by atoms with Crippen molar-refractivity contribution in [3.8, 4) is 0 Å². The molecular weight excluding hydrogens is 251 g/mol. The van der Waals surface area contributed by atoms with Crippen LogP contribution in [0.4, 0.5) is 4.39 Å². The minimum Gasteiger partial charge on any atom is -0.294 e. The molecule has 1 aromatic rings. The summed E-state index contributed by atoms with van der Waals surface area (Å²) in [5.74, 6) is 0.266. The van der Waals surface area contributed by atoms with Gasteiger partial charge in [0.05, 0.1) is 0 Å². The van der Waals surface area contributed by atoms with Crippen LogP contribution in [0.1, 0.15) is 44.6 Å². The van der Waals surface area contributed by atoms with Crippen molar-refractivity contribution in [3.63, 3.8) is 0 Å². The second kappa shape index (κ2) is 7.18. The molecule has 0 heterocycles. The minimum absolute atomic E-state index is 0.186. The molecule has 1 nitrogen and oxygen atoms in total. The fourth-order valence-electron chi connectivity index (χ4n) is 2.59. The highest BCUT2D eigenvalue weighted by molar-refractivity contribution is 6.22. The Morgan fingerprint density at radius 3 is 2.70 bits per heavy atom. The van der Waals surface area contributed by atoms with Crippen LogP contribution in [0.2, 0.25) is 0 Å². The quantitative estimate of drug-likeness (QED) is 0.530. The van der Waals surface area contributed by atoms with E-state index in [-0.39, 0.29) is 11.6 Å².